The molecule has 0 saturated heterocycles. The Balaban J connectivity index is 1.77. The van der Waals surface area contributed by atoms with Gasteiger partial charge in [-0.25, -0.2) is 0 Å². The molecule has 0 saturated carbocycles. The van der Waals surface area contributed by atoms with Crippen molar-refractivity contribution in [3.63, 3.8) is 0 Å². The topological polar surface area (TPSA) is 153 Å². The number of hydrogen-bond acceptors (Lipinski definition) is 7. The van der Waals surface area contributed by atoms with Crippen LogP contribution < -0.4 is 16.2 Å². The summed E-state index contributed by atoms with van der Waals surface area (Å²) in [6.07, 6.45) is 1.98. The zero-order valence-electron chi connectivity index (χ0n) is 19.0. The molecule has 8 nitrogen and oxygen atoms in total. The molecule has 2 aromatic rings. The van der Waals surface area contributed by atoms with Crippen molar-refractivity contribution in [3.05, 3.63) is 88.6 Å². The van der Waals surface area contributed by atoms with Crippen LogP contribution in [0.2, 0.25) is 0 Å². The molecule has 1 aliphatic carbocycles. The molecule has 0 fully saturated rings. The summed E-state index contributed by atoms with van der Waals surface area (Å²) in [7, 11) is 0. The Morgan fingerprint density at radius 2 is 1.77 bits per heavy atom. The Labute approximate surface area is 203 Å². The number of primary amides is 1. The molecule has 0 bridgehead atoms. The van der Waals surface area contributed by atoms with Crippen LogP contribution in [0, 0.1) is 45.3 Å². The summed E-state index contributed by atoms with van der Waals surface area (Å²) in [6.45, 7) is 1.61. The van der Waals surface area contributed by atoms with E-state index >= 15 is 0 Å². The van der Waals surface area contributed by atoms with Gasteiger partial charge in [0.05, 0.1) is 23.4 Å². The maximum atomic E-state index is 11.0. The standard InChI is InChI=1S/C27H24N6O2/c28-12-22-21-10-11-33(13-18-4-2-1-3-5-18)14-23(21)25(27(16-29,17-30)26(22)32)19-6-8-20(9-7-19)35-15-24(31)34/h1-10,23,25H,11,13-15,32H2,(H2,31,34). The largest absolute Gasteiger partial charge is 0.484 e. The number of nitrogens with zero attached hydrogens (tertiary/aromatic N) is 4. The Bertz CT molecular complexity index is 1290. The van der Waals surface area contributed by atoms with Crippen molar-refractivity contribution in [1.29, 1.82) is 15.8 Å². The molecule has 2 atom stereocenters. The molecule has 1 aliphatic heterocycles. The first-order valence-corrected chi connectivity index (χ1v) is 11.1. The number of rotatable bonds is 6. The molecule has 2 unspecified atom stereocenters. The van der Waals surface area contributed by atoms with Crippen molar-refractivity contribution in [3.8, 4) is 24.0 Å². The minimum Gasteiger partial charge on any atom is -0.484 e. The zero-order chi connectivity index (χ0) is 25.0. The van der Waals surface area contributed by atoms with Crippen LogP contribution in [-0.2, 0) is 11.3 Å². The van der Waals surface area contributed by atoms with Crippen LogP contribution in [0.5, 0.6) is 5.75 Å². The van der Waals surface area contributed by atoms with Crippen molar-refractivity contribution in [2.45, 2.75) is 12.5 Å². The van der Waals surface area contributed by atoms with Crippen molar-refractivity contribution < 1.29 is 9.53 Å². The van der Waals surface area contributed by atoms with Gasteiger partial charge in [0.25, 0.3) is 5.91 Å². The van der Waals surface area contributed by atoms with Gasteiger partial charge in [0.2, 0.25) is 0 Å². The van der Waals surface area contributed by atoms with E-state index in [-0.39, 0.29) is 23.8 Å². The molecule has 2 aromatic carbocycles. The van der Waals surface area contributed by atoms with Gasteiger partial charge in [-0.1, -0.05) is 48.5 Å². The van der Waals surface area contributed by atoms with E-state index in [2.05, 4.69) is 35.2 Å². The van der Waals surface area contributed by atoms with Crippen molar-refractivity contribution >= 4 is 5.91 Å². The number of carbonyl (C=O) groups is 1. The fourth-order valence-corrected chi connectivity index (χ4v) is 5.01. The first-order chi connectivity index (χ1) is 16.9. The van der Waals surface area contributed by atoms with Gasteiger partial charge in [0.15, 0.2) is 12.0 Å². The molecule has 1 amide bonds. The summed E-state index contributed by atoms with van der Waals surface area (Å²) in [5, 5.41) is 30.4. The third kappa shape index (κ3) is 4.34. The lowest BCUT2D eigenvalue weighted by atomic mass is 9.58. The van der Waals surface area contributed by atoms with Gasteiger partial charge in [-0.3, -0.25) is 9.69 Å². The average molecular weight is 465 g/mol. The number of hydrogen-bond donors (Lipinski definition) is 2. The molecule has 35 heavy (non-hydrogen) atoms. The average Bonchev–Trinajstić information content (AvgIpc) is 2.88. The minimum absolute atomic E-state index is 0.0111. The van der Waals surface area contributed by atoms with Gasteiger partial charge in [-0.15, -0.1) is 0 Å². The lowest BCUT2D eigenvalue weighted by Gasteiger charge is -2.45. The third-order valence-corrected chi connectivity index (χ3v) is 6.61. The Hall–Kier alpha value is -4.58. The second-order valence-electron chi connectivity index (χ2n) is 8.68. The maximum Gasteiger partial charge on any atom is 0.255 e. The molecule has 4 N–H and O–H groups in total. The predicted octanol–water partition coefficient (Wildman–Crippen LogP) is 2.48. The second-order valence-corrected chi connectivity index (χ2v) is 8.68. The van der Waals surface area contributed by atoms with Crippen molar-refractivity contribution in [2.24, 2.45) is 22.8 Å². The Morgan fingerprint density at radius 3 is 2.37 bits per heavy atom. The van der Waals surface area contributed by atoms with Crippen LogP contribution in [0.3, 0.4) is 0 Å². The van der Waals surface area contributed by atoms with Crippen LogP contribution in [0.25, 0.3) is 0 Å². The molecule has 0 radical (unpaired) electrons. The molecule has 0 spiro atoms. The number of benzene rings is 2. The van der Waals surface area contributed by atoms with Gasteiger partial charge in [-0.2, -0.15) is 15.8 Å². The number of nitrogens with two attached hydrogens (primary N) is 2. The van der Waals surface area contributed by atoms with Crippen molar-refractivity contribution in [2.75, 3.05) is 19.7 Å². The minimum atomic E-state index is -1.71. The van der Waals surface area contributed by atoms with Crippen LogP contribution in [0.4, 0.5) is 0 Å². The highest BCUT2D eigenvalue weighted by Gasteiger charge is 2.54. The van der Waals surface area contributed by atoms with E-state index in [1.807, 2.05) is 24.3 Å². The molecule has 1 heterocycles. The summed E-state index contributed by atoms with van der Waals surface area (Å²) in [6, 6.07) is 23.4. The highest BCUT2D eigenvalue weighted by Crippen LogP contribution is 2.54. The van der Waals surface area contributed by atoms with E-state index in [4.69, 9.17) is 16.2 Å². The molecule has 4 rings (SSSR count). The fourth-order valence-electron chi connectivity index (χ4n) is 5.01. The van der Waals surface area contributed by atoms with E-state index in [0.29, 0.717) is 25.4 Å². The number of allylic oxidation sites excluding steroid dienone is 2. The number of amides is 1. The summed E-state index contributed by atoms with van der Waals surface area (Å²) < 4.78 is 5.36. The third-order valence-electron chi connectivity index (χ3n) is 6.61. The number of carbonyl (C=O) groups excluding carboxylic acids is 1. The van der Waals surface area contributed by atoms with Crippen LogP contribution in [0.15, 0.2) is 77.5 Å². The first kappa shape index (κ1) is 23.6. The monoisotopic (exact) mass is 464 g/mol. The molecular formula is C27H24N6O2. The quantitative estimate of drug-likeness (QED) is 0.666. The Morgan fingerprint density at radius 1 is 1.09 bits per heavy atom. The Kier molecular flexibility index (Phi) is 6.55. The SMILES string of the molecule is N#CC1=C(N)C(C#N)(C#N)C(c2ccc(OCC(N)=O)cc2)C2CN(Cc3ccccc3)CC=C12. The van der Waals surface area contributed by atoms with Gasteiger partial charge in [-0.05, 0) is 28.8 Å². The lowest BCUT2D eigenvalue weighted by Crippen LogP contribution is -2.47. The number of ether oxygens (including phenoxy) is 1. The van der Waals surface area contributed by atoms with Crippen LogP contribution in [0.1, 0.15) is 17.0 Å². The van der Waals surface area contributed by atoms with E-state index < -0.39 is 17.2 Å². The summed E-state index contributed by atoms with van der Waals surface area (Å²) in [5.41, 5.74) is 12.7. The smallest absolute Gasteiger partial charge is 0.255 e. The predicted molar refractivity (Wildman–Crippen MR) is 128 cm³/mol. The second kappa shape index (κ2) is 9.73. The molecule has 174 valence electrons. The zero-order valence-corrected chi connectivity index (χ0v) is 19.0. The van der Waals surface area contributed by atoms with Crippen LogP contribution in [-0.4, -0.2) is 30.5 Å². The fraction of sp³-hybridized carbons (Fsp3) is 0.259. The molecular weight excluding hydrogens is 440 g/mol. The first-order valence-electron chi connectivity index (χ1n) is 11.1. The van der Waals surface area contributed by atoms with E-state index in [1.165, 1.54) is 0 Å². The van der Waals surface area contributed by atoms with Gasteiger partial charge < -0.3 is 16.2 Å². The highest BCUT2D eigenvalue weighted by atomic mass is 16.5. The summed E-state index contributed by atoms with van der Waals surface area (Å²) in [4.78, 5) is 13.3. The van der Waals surface area contributed by atoms with Gasteiger partial charge in [0, 0.05) is 31.5 Å². The molecule has 0 aromatic heterocycles. The molecule has 2 aliphatic rings. The van der Waals surface area contributed by atoms with Gasteiger partial charge in [0.1, 0.15) is 11.8 Å². The summed E-state index contributed by atoms with van der Waals surface area (Å²) in [5.74, 6) is -1.06. The van der Waals surface area contributed by atoms with Gasteiger partial charge >= 0.3 is 0 Å². The highest BCUT2D eigenvalue weighted by molar-refractivity contribution is 5.75. The number of fused-ring (bicyclic) bond motifs is 1. The van der Waals surface area contributed by atoms with E-state index in [9.17, 15) is 20.6 Å². The van der Waals surface area contributed by atoms with E-state index in [0.717, 1.165) is 16.7 Å². The summed E-state index contributed by atoms with van der Waals surface area (Å²) >= 11 is 0. The number of nitriles is 3. The van der Waals surface area contributed by atoms with Crippen molar-refractivity contribution in [1.82, 2.24) is 4.90 Å². The van der Waals surface area contributed by atoms with Crippen LogP contribution >= 0.6 is 0 Å². The normalized spacial score (nSPS) is 21.0. The molecule has 8 heteroatoms. The van der Waals surface area contributed by atoms with E-state index in [1.54, 1.807) is 24.3 Å². The lowest BCUT2D eigenvalue weighted by molar-refractivity contribution is -0.119. The maximum absolute atomic E-state index is 11.0.